The van der Waals surface area contributed by atoms with Gasteiger partial charge in [0, 0.05) is 22.3 Å². The maximum atomic E-state index is 13.5. The zero-order chi connectivity index (χ0) is 14.3. The predicted octanol–water partition coefficient (Wildman–Crippen LogP) is 4.90. The summed E-state index contributed by atoms with van der Waals surface area (Å²) in [5.74, 6) is 0.146. The number of aromatic nitrogens is 1. The topological polar surface area (TPSA) is 22.1 Å². The molecule has 0 saturated carbocycles. The third-order valence-electron chi connectivity index (χ3n) is 2.34. The van der Waals surface area contributed by atoms with Crippen molar-refractivity contribution in [1.29, 1.82) is 0 Å². The van der Waals surface area contributed by atoms with Crippen molar-refractivity contribution in [2.24, 2.45) is 0 Å². The lowest BCUT2D eigenvalue weighted by molar-refractivity contribution is 0.286. The lowest BCUT2D eigenvalue weighted by Crippen LogP contribution is -2.01. The molecule has 1 heterocycles. The van der Waals surface area contributed by atoms with E-state index >= 15 is 0 Å². The van der Waals surface area contributed by atoms with Crippen LogP contribution in [-0.4, -0.2) is 4.98 Å². The highest BCUT2D eigenvalue weighted by molar-refractivity contribution is 7.59. The number of halogens is 2. The van der Waals surface area contributed by atoms with Gasteiger partial charge in [0.1, 0.15) is 12.4 Å². The summed E-state index contributed by atoms with van der Waals surface area (Å²) in [7, 11) is 0. The molecule has 110 valence electrons. The first kappa shape index (κ1) is 18.7. The third-order valence-corrected chi connectivity index (χ3v) is 2.58. The Bertz CT molecular complexity index is 537. The van der Waals surface area contributed by atoms with Gasteiger partial charge in [-0.3, -0.25) is 0 Å². The molecule has 5 heteroatoms. The minimum absolute atomic E-state index is 0. The zero-order valence-electron chi connectivity index (χ0n) is 11.8. The number of ether oxygens (including phenoxy) is 1. The summed E-state index contributed by atoms with van der Waals surface area (Å²) >= 11 is 5.67. The second kappa shape index (κ2) is 9.61. The molecule has 2 nitrogen and oxygen atoms in total. The Morgan fingerprint density at radius 2 is 1.95 bits per heavy atom. The maximum absolute atomic E-state index is 13.5. The highest BCUT2D eigenvalue weighted by Gasteiger charge is 2.05. The normalized spacial score (nSPS) is 9.05. The van der Waals surface area contributed by atoms with E-state index in [9.17, 15) is 4.39 Å². The lowest BCUT2D eigenvalue weighted by atomic mass is 10.2. The number of hydrogen-bond acceptors (Lipinski definition) is 2. The quantitative estimate of drug-likeness (QED) is 0.803. The molecule has 0 saturated heterocycles. The first-order valence-electron chi connectivity index (χ1n) is 6.15. The van der Waals surface area contributed by atoms with Crippen LogP contribution in [0.4, 0.5) is 4.39 Å². The van der Waals surface area contributed by atoms with Gasteiger partial charge in [-0.05, 0) is 25.1 Å². The molecular weight excluding hydrogens is 297 g/mol. The van der Waals surface area contributed by atoms with E-state index in [2.05, 4.69) is 4.98 Å². The highest BCUT2D eigenvalue weighted by atomic mass is 35.5. The van der Waals surface area contributed by atoms with Crippen LogP contribution in [0.2, 0.25) is 5.02 Å². The van der Waals surface area contributed by atoms with Crippen LogP contribution in [0.3, 0.4) is 0 Å². The van der Waals surface area contributed by atoms with E-state index in [-0.39, 0.29) is 25.9 Å². The van der Waals surface area contributed by atoms with Gasteiger partial charge in [0.05, 0.1) is 0 Å². The minimum Gasteiger partial charge on any atom is -0.472 e. The summed E-state index contributed by atoms with van der Waals surface area (Å²) in [5, 5.41) is 0.375. The molecule has 0 fully saturated rings. The van der Waals surface area contributed by atoms with E-state index in [1.54, 1.807) is 18.3 Å². The molecule has 1 aromatic heterocycles. The first-order valence-corrected chi connectivity index (χ1v) is 6.53. The van der Waals surface area contributed by atoms with Gasteiger partial charge < -0.3 is 4.74 Å². The van der Waals surface area contributed by atoms with Crippen molar-refractivity contribution in [2.45, 2.75) is 27.4 Å². The zero-order valence-corrected chi connectivity index (χ0v) is 13.5. The van der Waals surface area contributed by atoms with Crippen LogP contribution in [0.25, 0.3) is 0 Å². The Morgan fingerprint density at radius 3 is 2.55 bits per heavy atom. The SMILES string of the molecule is CC.Cc1cccnc1OCc1ccc(Cl)cc1F.S. The molecule has 0 amide bonds. The molecule has 1 aromatic carbocycles. The number of rotatable bonds is 3. The number of benzene rings is 1. The average Bonchev–Trinajstić information content (AvgIpc) is 2.42. The molecule has 2 aromatic rings. The smallest absolute Gasteiger partial charge is 0.216 e. The molecule has 0 N–H and O–H groups in total. The monoisotopic (exact) mass is 315 g/mol. The second-order valence-electron chi connectivity index (χ2n) is 3.65. The first-order chi connectivity index (χ1) is 9.16. The van der Waals surface area contributed by atoms with E-state index in [1.807, 2.05) is 32.9 Å². The Labute approximate surface area is 131 Å². The third kappa shape index (κ3) is 5.39. The van der Waals surface area contributed by atoms with Crippen molar-refractivity contribution in [1.82, 2.24) is 4.98 Å². The van der Waals surface area contributed by atoms with E-state index in [0.29, 0.717) is 16.5 Å². The van der Waals surface area contributed by atoms with Gasteiger partial charge in [-0.25, -0.2) is 9.37 Å². The second-order valence-corrected chi connectivity index (χ2v) is 4.09. The summed E-state index contributed by atoms with van der Waals surface area (Å²) in [6.07, 6.45) is 1.64. The van der Waals surface area contributed by atoms with Crippen LogP contribution in [-0.2, 0) is 6.61 Å². The Hall–Kier alpha value is -1.26. The van der Waals surface area contributed by atoms with Gasteiger partial charge >= 0.3 is 0 Å². The molecule has 0 unspecified atom stereocenters. The Balaban J connectivity index is 0.00000115. The fourth-order valence-electron chi connectivity index (χ4n) is 1.41. The number of nitrogens with zero attached hydrogens (tertiary/aromatic N) is 1. The van der Waals surface area contributed by atoms with Gasteiger partial charge in [0.25, 0.3) is 0 Å². The van der Waals surface area contributed by atoms with Crippen LogP contribution in [0.1, 0.15) is 25.0 Å². The highest BCUT2D eigenvalue weighted by Crippen LogP contribution is 2.18. The Morgan fingerprint density at radius 1 is 1.25 bits per heavy atom. The van der Waals surface area contributed by atoms with Crippen molar-refractivity contribution < 1.29 is 9.13 Å². The van der Waals surface area contributed by atoms with Gasteiger partial charge in [0.15, 0.2) is 0 Å². The van der Waals surface area contributed by atoms with Crippen molar-refractivity contribution >= 4 is 25.1 Å². The maximum Gasteiger partial charge on any atom is 0.216 e. The van der Waals surface area contributed by atoms with Gasteiger partial charge in [-0.2, -0.15) is 13.5 Å². The molecule has 0 atom stereocenters. The van der Waals surface area contributed by atoms with Crippen LogP contribution in [0.5, 0.6) is 5.88 Å². The summed E-state index contributed by atoms with van der Waals surface area (Å²) in [6.45, 7) is 6.03. The standard InChI is InChI=1S/C13H11ClFNO.C2H6.H2S/c1-9-3-2-6-16-13(9)17-8-10-4-5-11(14)7-12(10)15;1-2;/h2-7H,8H2,1H3;1-2H3;1H2. The number of hydrogen-bond donors (Lipinski definition) is 0. The van der Waals surface area contributed by atoms with E-state index in [1.165, 1.54) is 6.07 Å². The fraction of sp³-hybridized carbons (Fsp3) is 0.267. The molecular formula is C15H19ClFNOS. The molecule has 0 aliphatic rings. The predicted molar refractivity (Wildman–Crippen MR) is 86.4 cm³/mol. The van der Waals surface area contributed by atoms with Crippen molar-refractivity contribution in [3.63, 3.8) is 0 Å². The van der Waals surface area contributed by atoms with E-state index in [0.717, 1.165) is 5.56 Å². The largest absolute Gasteiger partial charge is 0.472 e. The van der Waals surface area contributed by atoms with Crippen molar-refractivity contribution in [3.8, 4) is 5.88 Å². The molecule has 0 bridgehead atoms. The Kier molecular flexibility index (Phi) is 9.01. The van der Waals surface area contributed by atoms with Crippen LogP contribution >= 0.6 is 25.1 Å². The molecule has 0 spiro atoms. The lowest BCUT2D eigenvalue weighted by Gasteiger charge is -2.08. The minimum atomic E-state index is -0.369. The average molecular weight is 316 g/mol. The van der Waals surface area contributed by atoms with Gasteiger partial charge in [-0.1, -0.05) is 37.6 Å². The van der Waals surface area contributed by atoms with Crippen LogP contribution in [0, 0.1) is 12.7 Å². The fourth-order valence-corrected chi connectivity index (χ4v) is 1.57. The molecule has 2 rings (SSSR count). The molecule has 0 aliphatic heterocycles. The number of pyridine rings is 1. The van der Waals surface area contributed by atoms with Crippen LogP contribution < -0.4 is 4.74 Å². The van der Waals surface area contributed by atoms with Crippen molar-refractivity contribution in [3.05, 3.63) is 58.5 Å². The van der Waals surface area contributed by atoms with E-state index in [4.69, 9.17) is 16.3 Å². The van der Waals surface area contributed by atoms with Crippen LogP contribution in [0.15, 0.2) is 36.5 Å². The molecule has 20 heavy (non-hydrogen) atoms. The van der Waals surface area contributed by atoms with Crippen molar-refractivity contribution in [2.75, 3.05) is 0 Å². The van der Waals surface area contributed by atoms with Gasteiger partial charge in [0.2, 0.25) is 5.88 Å². The van der Waals surface area contributed by atoms with Gasteiger partial charge in [-0.15, -0.1) is 0 Å². The summed E-state index contributed by atoms with van der Waals surface area (Å²) in [4.78, 5) is 4.07. The van der Waals surface area contributed by atoms with E-state index < -0.39 is 0 Å². The summed E-state index contributed by atoms with van der Waals surface area (Å²) < 4.78 is 18.9. The molecule has 0 radical (unpaired) electrons. The number of aryl methyl sites for hydroxylation is 1. The molecule has 0 aliphatic carbocycles. The summed E-state index contributed by atoms with van der Waals surface area (Å²) in [5.41, 5.74) is 1.38. The summed E-state index contributed by atoms with van der Waals surface area (Å²) in [6, 6.07) is 8.22.